The molecule has 5 nitrogen and oxygen atoms in total. The van der Waals surface area contributed by atoms with Gasteiger partial charge in [-0.1, -0.05) is 12.1 Å². The summed E-state index contributed by atoms with van der Waals surface area (Å²) in [7, 11) is 1.51. The number of hydrogen-bond donors (Lipinski definition) is 0. The minimum atomic E-state index is 0.333. The summed E-state index contributed by atoms with van der Waals surface area (Å²) in [5.74, 6) is 0.333. The summed E-state index contributed by atoms with van der Waals surface area (Å²) in [4.78, 5) is 4.06. The average Bonchev–Trinajstić information content (AvgIpc) is 3.08. The van der Waals surface area contributed by atoms with Gasteiger partial charge in [0.15, 0.2) is 0 Å². The quantitative estimate of drug-likeness (QED) is 0.738. The van der Waals surface area contributed by atoms with Crippen molar-refractivity contribution in [1.82, 2.24) is 14.8 Å². The van der Waals surface area contributed by atoms with Gasteiger partial charge in [-0.3, -0.25) is 0 Å². The van der Waals surface area contributed by atoms with E-state index in [2.05, 4.69) is 16.2 Å². The zero-order valence-electron chi connectivity index (χ0n) is 11.4. The van der Waals surface area contributed by atoms with Crippen molar-refractivity contribution < 1.29 is 4.74 Å². The fourth-order valence-electron chi connectivity index (χ4n) is 2.18. The van der Waals surface area contributed by atoms with Gasteiger partial charge in [0.05, 0.1) is 12.8 Å². The van der Waals surface area contributed by atoms with E-state index in [1.165, 1.54) is 7.11 Å². The summed E-state index contributed by atoms with van der Waals surface area (Å²) in [6.45, 7) is 0. The molecule has 0 spiro atoms. The van der Waals surface area contributed by atoms with Crippen molar-refractivity contribution in [2.24, 2.45) is 0 Å². The van der Waals surface area contributed by atoms with Crippen LogP contribution < -0.4 is 4.74 Å². The number of nitrogens with zero attached hydrogens (tertiary/aromatic N) is 4. The van der Waals surface area contributed by atoms with Gasteiger partial charge in [-0.15, -0.1) is 0 Å². The highest BCUT2D eigenvalue weighted by Gasteiger charge is 2.12. The summed E-state index contributed by atoms with van der Waals surface area (Å²) in [6, 6.07) is 13.6. The van der Waals surface area contributed by atoms with E-state index in [1.54, 1.807) is 17.1 Å². The Kier molecular flexibility index (Phi) is 3.36. The van der Waals surface area contributed by atoms with Gasteiger partial charge < -0.3 is 4.74 Å². The fourth-order valence-corrected chi connectivity index (χ4v) is 2.18. The number of rotatable bonds is 3. The third-order valence-electron chi connectivity index (χ3n) is 3.15. The number of benzene rings is 1. The molecule has 3 rings (SSSR count). The molecule has 2 aromatic heterocycles. The highest BCUT2D eigenvalue weighted by Crippen LogP contribution is 2.29. The molecule has 0 amide bonds. The second kappa shape index (κ2) is 5.47. The molecule has 3 aromatic rings. The Morgan fingerprint density at radius 3 is 2.81 bits per heavy atom. The van der Waals surface area contributed by atoms with Gasteiger partial charge in [-0.2, -0.15) is 10.4 Å². The number of pyridine rings is 1. The Hall–Kier alpha value is -3.13. The van der Waals surface area contributed by atoms with Crippen molar-refractivity contribution >= 4 is 0 Å². The van der Waals surface area contributed by atoms with Gasteiger partial charge in [-0.25, -0.2) is 9.67 Å². The summed E-state index contributed by atoms with van der Waals surface area (Å²) in [6.07, 6.45) is 5.23. The molecule has 0 N–H and O–H groups in total. The third kappa shape index (κ3) is 2.35. The molecular weight excluding hydrogens is 264 g/mol. The summed E-state index contributed by atoms with van der Waals surface area (Å²) in [5, 5.41) is 13.6. The third-order valence-corrected chi connectivity index (χ3v) is 3.15. The van der Waals surface area contributed by atoms with Crippen LogP contribution in [0.4, 0.5) is 0 Å². The lowest BCUT2D eigenvalue weighted by Crippen LogP contribution is -1.97. The first-order chi connectivity index (χ1) is 10.3. The van der Waals surface area contributed by atoms with Crippen LogP contribution in [0, 0.1) is 11.3 Å². The lowest BCUT2D eigenvalue weighted by Gasteiger charge is -2.09. The van der Waals surface area contributed by atoms with Crippen LogP contribution in [0.3, 0.4) is 0 Å². The maximum Gasteiger partial charge on any atom is 0.232 e. The SMILES string of the molecule is COc1nccc(-c2cccc(-n3cccn3)c2)c1C#N. The maximum absolute atomic E-state index is 9.36. The fraction of sp³-hybridized carbons (Fsp3) is 0.0625. The average molecular weight is 276 g/mol. The first kappa shape index (κ1) is 12.9. The van der Waals surface area contributed by atoms with Crippen LogP contribution in [-0.4, -0.2) is 21.9 Å². The highest BCUT2D eigenvalue weighted by atomic mass is 16.5. The van der Waals surface area contributed by atoms with Crippen molar-refractivity contribution in [3.05, 3.63) is 60.6 Å². The molecule has 0 aliphatic heterocycles. The van der Waals surface area contributed by atoms with E-state index in [0.717, 1.165) is 16.8 Å². The predicted octanol–water partition coefficient (Wildman–Crippen LogP) is 2.81. The maximum atomic E-state index is 9.36. The van der Waals surface area contributed by atoms with Crippen molar-refractivity contribution in [3.8, 4) is 28.8 Å². The van der Waals surface area contributed by atoms with Crippen LogP contribution >= 0.6 is 0 Å². The highest BCUT2D eigenvalue weighted by molar-refractivity contribution is 5.73. The zero-order valence-corrected chi connectivity index (χ0v) is 11.4. The van der Waals surface area contributed by atoms with Crippen LogP contribution in [0.5, 0.6) is 5.88 Å². The van der Waals surface area contributed by atoms with Gasteiger partial charge >= 0.3 is 0 Å². The van der Waals surface area contributed by atoms with Crippen molar-refractivity contribution in [1.29, 1.82) is 5.26 Å². The largest absolute Gasteiger partial charge is 0.480 e. The zero-order chi connectivity index (χ0) is 14.7. The molecule has 21 heavy (non-hydrogen) atoms. The molecule has 0 aliphatic carbocycles. The summed E-state index contributed by atoms with van der Waals surface area (Å²) < 4.78 is 6.92. The van der Waals surface area contributed by atoms with Crippen LogP contribution in [0.1, 0.15) is 5.56 Å². The molecule has 0 atom stereocenters. The monoisotopic (exact) mass is 276 g/mol. The molecule has 0 saturated carbocycles. The van der Waals surface area contributed by atoms with E-state index in [1.807, 2.05) is 42.6 Å². The Balaban J connectivity index is 2.14. The molecule has 0 bridgehead atoms. The van der Waals surface area contributed by atoms with Crippen LogP contribution in [0.2, 0.25) is 0 Å². The molecule has 1 aromatic carbocycles. The van der Waals surface area contributed by atoms with Crippen molar-refractivity contribution in [3.63, 3.8) is 0 Å². The molecule has 0 saturated heterocycles. The standard InChI is InChI=1S/C16H12N4O/c1-21-16-15(11-17)14(6-8-18-16)12-4-2-5-13(10-12)20-9-3-7-19-20/h2-10H,1H3. The molecule has 0 fully saturated rings. The van der Waals surface area contributed by atoms with E-state index in [4.69, 9.17) is 4.74 Å². The van der Waals surface area contributed by atoms with Gasteiger partial charge in [-0.05, 0) is 29.8 Å². The Bertz CT molecular complexity index is 803. The lowest BCUT2D eigenvalue weighted by molar-refractivity contribution is 0.397. The molecule has 5 heteroatoms. The number of hydrogen-bond acceptors (Lipinski definition) is 4. The van der Waals surface area contributed by atoms with Gasteiger partial charge in [0.1, 0.15) is 11.6 Å². The predicted molar refractivity (Wildman–Crippen MR) is 78.1 cm³/mol. The Morgan fingerprint density at radius 1 is 1.19 bits per heavy atom. The van der Waals surface area contributed by atoms with Crippen LogP contribution in [-0.2, 0) is 0 Å². The smallest absolute Gasteiger partial charge is 0.232 e. The normalized spacial score (nSPS) is 10.1. The topological polar surface area (TPSA) is 63.7 Å². The minimum Gasteiger partial charge on any atom is -0.480 e. The van der Waals surface area contributed by atoms with E-state index in [9.17, 15) is 5.26 Å². The molecule has 0 unspecified atom stereocenters. The summed E-state index contributed by atoms with van der Waals surface area (Å²) >= 11 is 0. The van der Waals surface area contributed by atoms with Gasteiger partial charge in [0.25, 0.3) is 0 Å². The Labute approximate surface area is 122 Å². The minimum absolute atomic E-state index is 0.333. The second-order valence-corrected chi connectivity index (χ2v) is 4.36. The molecule has 0 radical (unpaired) electrons. The molecule has 2 heterocycles. The van der Waals surface area contributed by atoms with E-state index < -0.39 is 0 Å². The van der Waals surface area contributed by atoms with E-state index >= 15 is 0 Å². The molecular formula is C16H12N4O. The lowest BCUT2D eigenvalue weighted by atomic mass is 10.0. The van der Waals surface area contributed by atoms with Crippen molar-refractivity contribution in [2.75, 3.05) is 7.11 Å². The first-order valence-electron chi connectivity index (χ1n) is 6.37. The number of methoxy groups -OCH3 is 1. The second-order valence-electron chi connectivity index (χ2n) is 4.36. The number of ether oxygens (including phenoxy) is 1. The van der Waals surface area contributed by atoms with E-state index in [-0.39, 0.29) is 0 Å². The van der Waals surface area contributed by atoms with Gasteiger partial charge in [0, 0.05) is 24.2 Å². The van der Waals surface area contributed by atoms with Crippen LogP contribution in [0.25, 0.3) is 16.8 Å². The molecule has 102 valence electrons. The number of nitriles is 1. The molecule has 0 aliphatic rings. The first-order valence-corrected chi connectivity index (χ1v) is 6.37. The summed E-state index contributed by atoms with van der Waals surface area (Å²) in [5.41, 5.74) is 3.06. The van der Waals surface area contributed by atoms with Gasteiger partial charge in [0.2, 0.25) is 5.88 Å². The Morgan fingerprint density at radius 2 is 2.10 bits per heavy atom. The van der Waals surface area contributed by atoms with Crippen molar-refractivity contribution in [2.45, 2.75) is 0 Å². The number of aromatic nitrogens is 3. The van der Waals surface area contributed by atoms with Crippen LogP contribution in [0.15, 0.2) is 55.0 Å². The van der Waals surface area contributed by atoms with E-state index in [0.29, 0.717) is 11.4 Å².